The average Bonchev–Trinajstić information content (AvgIpc) is 2.32. The molecule has 2 nitrogen and oxygen atoms in total. The van der Waals surface area contributed by atoms with E-state index in [0.717, 1.165) is 6.92 Å². The van der Waals surface area contributed by atoms with Gasteiger partial charge >= 0.3 is 0 Å². The SMILES string of the molecule is CC(O)(c1ccc(Cl)nc1)C(CF)(CF)CF. The third-order valence-electron chi connectivity index (χ3n) is 3.09. The molecule has 0 spiro atoms. The van der Waals surface area contributed by atoms with Crippen LogP contribution in [0.25, 0.3) is 0 Å². The van der Waals surface area contributed by atoms with Gasteiger partial charge in [-0.05, 0) is 13.0 Å². The van der Waals surface area contributed by atoms with Gasteiger partial charge in [-0.15, -0.1) is 0 Å². The van der Waals surface area contributed by atoms with E-state index in [4.69, 9.17) is 11.6 Å². The fourth-order valence-corrected chi connectivity index (χ4v) is 1.58. The summed E-state index contributed by atoms with van der Waals surface area (Å²) in [7, 11) is 0. The molecule has 0 aromatic carbocycles. The smallest absolute Gasteiger partial charge is 0.129 e. The predicted octanol–water partition coefficient (Wildman–Crippen LogP) is 2.84. The van der Waals surface area contributed by atoms with E-state index in [-0.39, 0.29) is 10.7 Å². The molecule has 0 saturated heterocycles. The minimum Gasteiger partial charge on any atom is -0.385 e. The molecule has 0 bridgehead atoms. The molecular formula is C11H13ClF3NO. The Morgan fingerprint density at radius 1 is 1.24 bits per heavy atom. The highest BCUT2D eigenvalue weighted by molar-refractivity contribution is 6.29. The van der Waals surface area contributed by atoms with Gasteiger partial charge in [0.2, 0.25) is 0 Å². The molecule has 0 aliphatic carbocycles. The molecular weight excluding hydrogens is 255 g/mol. The summed E-state index contributed by atoms with van der Waals surface area (Å²) in [5.74, 6) is 0. The lowest BCUT2D eigenvalue weighted by atomic mass is 9.72. The fraction of sp³-hybridized carbons (Fsp3) is 0.545. The Morgan fingerprint density at radius 2 is 1.76 bits per heavy atom. The van der Waals surface area contributed by atoms with Crippen molar-refractivity contribution in [2.75, 3.05) is 20.0 Å². The number of aromatic nitrogens is 1. The standard InChI is InChI=1S/C11H13ClF3NO/c1-10(17,11(5-13,6-14)7-15)8-2-3-9(12)16-4-8/h2-4,17H,5-7H2,1H3. The number of pyridine rings is 1. The first-order valence-electron chi connectivity index (χ1n) is 4.96. The lowest BCUT2D eigenvalue weighted by Crippen LogP contribution is -2.49. The molecule has 0 saturated carbocycles. The van der Waals surface area contributed by atoms with Crippen molar-refractivity contribution in [1.29, 1.82) is 0 Å². The molecule has 17 heavy (non-hydrogen) atoms. The second-order valence-corrected chi connectivity index (χ2v) is 4.51. The maximum absolute atomic E-state index is 12.9. The van der Waals surface area contributed by atoms with Crippen LogP contribution in [0.15, 0.2) is 18.3 Å². The van der Waals surface area contributed by atoms with Crippen molar-refractivity contribution in [3.05, 3.63) is 29.0 Å². The van der Waals surface area contributed by atoms with Crippen LogP contribution < -0.4 is 0 Å². The predicted molar refractivity (Wildman–Crippen MR) is 59.2 cm³/mol. The summed E-state index contributed by atoms with van der Waals surface area (Å²) in [6, 6.07) is 2.73. The Labute approximate surface area is 102 Å². The molecule has 1 N–H and O–H groups in total. The van der Waals surface area contributed by atoms with E-state index in [9.17, 15) is 18.3 Å². The quantitative estimate of drug-likeness (QED) is 0.832. The van der Waals surface area contributed by atoms with Crippen molar-refractivity contribution in [1.82, 2.24) is 4.98 Å². The van der Waals surface area contributed by atoms with Gasteiger partial charge in [0.15, 0.2) is 0 Å². The lowest BCUT2D eigenvalue weighted by Gasteiger charge is -2.39. The average molecular weight is 268 g/mol. The summed E-state index contributed by atoms with van der Waals surface area (Å²) >= 11 is 5.56. The first-order chi connectivity index (χ1) is 7.93. The van der Waals surface area contributed by atoms with E-state index >= 15 is 0 Å². The number of rotatable bonds is 5. The third-order valence-corrected chi connectivity index (χ3v) is 3.31. The fourth-order valence-electron chi connectivity index (χ4n) is 1.47. The molecule has 0 radical (unpaired) electrons. The van der Waals surface area contributed by atoms with Crippen molar-refractivity contribution in [3.63, 3.8) is 0 Å². The normalized spacial score (nSPS) is 15.6. The first-order valence-corrected chi connectivity index (χ1v) is 5.33. The highest BCUT2D eigenvalue weighted by Gasteiger charge is 2.49. The Morgan fingerprint density at radius 3 is 2.12 bits per heavy atom. The molecule has 1 atom stereocenters. The number of nitrogens with zero attached hydrogens (tertiary/aromatic N) is 1. The molecule has 0 aliphatic rings. The van der Waals surface area contributed by atoms with Crippen molar-refractivity contribution in [2.45, 2.75) is 12.5 Å². The second-order valence-electron chi connectivity index (χ2n) is 4.12. The molecule has 0 aliphatic heterocycles. The van der Waals surface area contributed by atoms with Crippen LogP contribution in [-0.4, -0.2) is 30.1 Å². The maximum atomic E-state index is 12.9. The molecule has 1 unspecified atom stereocenters. The van der Waals surface area contributed by atoms with Crippen molar-refractivity contribution < 1.29 is 18.3 Å². The highest BCUT2D eigenvalue weighted by atomic mass is 35.5. The van der Waals surface area contributed by atoms with E-state index in [0.29, 0.717) is 0 Å². The van der Waals surface area contributed by atoms with E-state index in [1.165, 1.54) is 18.3 Å². The number of halogens is 4. The summed E-state index contributed by atoms with van der Waals surface area (Å²) in [6.07, 6.45) is 1.18. The molecule has 1 aromatic heterocycles. The van der Waals surface area contributed by atoms with E-state index in [1.807, 2.05) is 0 Å². The van der Waals surface area contributed by atoms with Crippen LogP contribution in [-0.2, 0) is 5.60 Å². The summed E-state index contributed by atoms with van der Waals surface area (Å²) in [5.41, 5.74) is -3.99. The van der Waals surface area contributed by atoms with Gasteiger partial charge in [0.1, 0.15) is 30.8 Å². The summed E-state index contributed by atoms with van der Waals surface area (Å²) in [6.45, 7) is -2.77. The zero-order chi connectivity index (χ0) is 13.1. The second kappa shape index (κ2) is 5.23. The van der Waals surface area contributed by atoms with Crippen LogP contribution >= 0.6 is 11.6 Å². The Hall–Kier alpha value is -0.810. The van der Waals surface area contributed by atoms with Crippen molar-refractivity contribution >= 4 is 11.6 Å². The van der Waals surface area contributed by atoms with Gasteiger partial charge in [0.05, 0.1) is 5.41 Å². The number of alkyl halides is 3. The molecule has 1 heterocycles. The monoisotopic (exact) mass is 267 g/mol. The van der Waals surface area contributed by atoms with Crippen LogP contribution in [0.3, 0.4) is 0 Å². The van der Waals surface area contributed by atoms with E-state index in [1.54, 1.807) is 0 Å². The van der Waals surface area contributed by atoms with Crippen LogP contribution in [0.5, 0.6) is 0 Å². The van der Waals surface area contributed by atoms with Crippen molar-refractivity contribution in [3.8, 4) is 0 Å². The van der Waals surface area contributed by atoms with Crippen LogP contribution in [0, 0.1) is 5.41 Å². The molecule has 1 rings (SSSR count). The van der Waals surface area contributed by atoms with Gasteiger partial charge in [-0.25, -0.2) is 4.98 Å². The van der Waals surface area contributed by atoms with Gasteiger partial charge in [-0.3, -0.25) is 13.2 Å². The summed E-state index contributed by atoms with van der Waals surface area (Å²) < 4.78 is 38.7. The number of aliphatic hydroxyl groups is 1. The number of hydrogen-bond acceptors (Lipinski definition) is 2. The van der Waals surface area contributed by atoms with E-state index < -0.39 is 31.0 Å². The topological polar surface area (TPSA) is 33.1 Å². The lowest BCUT2D eigenvalue weighted by molar-refractivity contribution is -0.111. The van der Waals surface area contributed by atoms with Gasteiger partial charge in [-0.1, -0.05) is 17.7 Å². The summed E-state index contributed by atoms with van der Waals surface area (Å²) in [5, 5.41) is 10.4. The van der Waals surface area contributed by atoms with Gasteiger partial charge < -0.3 is 5.11 Å². The van der Waals surface area contributed by atoms with Gasteiger partial charge in [0.25, 0.3) is 0 Å². The Kier molecular flexibility index (Phi) is 4.38. The largest absolute Gasteiger partial charge is 0.385 e. The zero-order valence-electron chi connectivity index (χ0n) is 9.26. The molecule has 1 aromatic rings. The molecule has 0 amide bonds. The van der Waals surface area contributed by atoms with Crippen LogP contribution in [0.1, 0.15) is 12.5 Å². The van der Waals surface area contributed by atoms with Crippen LogP contribution in [0.2, 0.25) is 5.15 Å². The first kappa shape index (κ1) is 14.3. The molecule has 6 heteroatoms. The minimum absolute atomic E-state index is 0.120. The third kappa shape index (κ3) is 2.40. The Balaban J connectivity index is 3.20. The maximum Gasteiger partial charge on any atom is 0.129 e. The van der Waals surface area contributed by atoms with Crippen molar-refractivity contribution in [2.24, 2.45) is 5.41 Å². The number of hydrogen-bond donors (Lipinski definition) is 1. The molecule has 96 valence electrons. The molecule has 0 fully saturated rings. The van der Waals surface area contributed by atoms with Crippen LogP contribution in [0.4, 0.5) is 13.2 Å². The van der Waals surface area contributed by atoms with E-state index in [2.05, 4.69) is 4.98 Å². The highest BCUT2D eigenvalue weighted by Crippen LogP contribution is 2.41. The zero-order valence-corrected chi connectivity index (χ0v) is 10.0. The van der Waals surface area contributed by atoms with Gasteiger partial charge in [-0.2, -0.15) is 0 Å². The van der Waals surface area contributed by atoms with Gasteiger partial charge in [0, 0.05) is 11.8 Å². The summed E-state index contributed by atoms with van der Waals surface area (Å²) in [4.78, 5) is 3.70. The Bertz CT molecular complexity index is 357. The minimum atomic E-state index is -2.11.